The molecule has 2 aromatic carbocycles. The van der Waals surface area contributed by atoms with E-state index in [0.29, 0.717) is 24.7 Å². The van der Waals surface area contributed by atoms with E-state index in [1.54, 1.807) is 23.5 Å². The average molecular weight is 304 g/mol. The van der Waals surface area contributed by atoms with E-state index in [-0.39, 0.29) is 11.5 Å². The Morgan fingerprint density at radius 1 is 0.810 bits per heavy atom. The van der Waals surface area contributed by atoms with Gasteiger partial charge in [0.05, 0.1) is 13.2 Å². The highest BCUT2D eigenvalue weighted by Crippen LogP contribution is 2.43. The molecule has 0 radical (unpaired) electrons. The molecule has 2 N–H and O–H groups in total. The maximum atomic E-state index is 10.0. The first kappa shape index (κ1) is 13.8. The van der Waals surface area contributed by atoms with Crippen molar-refractivity contribution in [3.63, 3.8) is 0 Å². The molecule has 0 amide bonds. The van der Waals surface area contributed by atoms with Crippen LogP contribution < -0.4 is 9.47 Å². The molecule has 4 nitrogen and oxygen atoms in total. The summed E-state index contributed by atoms with van der Waals surface area (Å²) < 4.78 is 12.8. The smallest absolute Gasteiger partial charge is 0.162 e. The van der Waals surface area contributed by atoms with Crippen molar-refractivity contribution in [3.8, 4) is 23.0 Å². The molecule has 0 aliphatic carbocycles. The Bertz CT molecular complexity index is 741. The van der Waals surface area contributed by atoms with Gasteiger partial charge in [0.1, 0.15) is 0 Å². The van der Waals surface area contributed by atoms with Gasteiger partial charge < -0.3 is 19.7 Å². The summed E-state index contributed by atoms with van der Waals surface area (Å²) in [4.78, 5) is 0. The number of thiophene rings is 1. The predicted octanol–water partition coefficient (Wildman–Crippen LogP) is 4.26. The van der Waals surface area contributed by atoms with E-state index >= 15 is 0 Å². The van der Waals surface area contributed by atoms with Gasteiger partial charge in [0.25, 0.3) is 0 Å². The van der Waals surface area contributed by atoms with Crippen molar-refractivity contribution >= 4 is 31.5 Å². The van der Waals surface area contributed by atoms with Crippen molar-refractivity contribution in [3.05, 3.63) is 24.3 Å². The van der Waals surface area contributed by atoms with Crippen molar-refractivity contribution < 1.29 is 19.7 Å². The van der Waals surface area contributed by atoms with Crippen molar-refractivity contribution in [2.45, 2.75) is 13.8 Å². The molecule has 0 aliphatic rings. The molecule has 0 aliphatic heterocycles. The summed E-state index contributed by atoms with van der Waals surface area (Å²) in [6.45, 7) is 4.75. The van der Waals surface area contributed by atoms with Gasteiger partial charge in [0, 0.05) is 32.3 Å². The number of hydrogen-bond donors (Lipinski definition) is 2. The predicted molar refractivity (Wildman–Crippen MR) is 85.0 cm³/mol. The van der Waals surface area contributed by atoms with Crippen LogP contribution in [0.4, 0.5) is 0 Å². The van der Waals surface area contributed by atoms with Crippen LogP contribution in [-0.4, -0.2) is 23.4 Å². The van der Waals surface area contributed by atoms with Crippen LogP contribution in [-0.2, 0) is 0 Å². The minimum atomic E-state index is 0.109. The van der Waals surface area contributed by atoms with Crippen LogP contribution in [0.5, 0.6) is 23.0 Å². The fraction of sp³-hybridized carbons (Fsp3) is 0.250. The van der Waals surface area contributed by atoms with Crippen LogP contribution in [0.3, 0.4) is 0 Å². The second-order valence-corrected chi connectivity index (χ2v) is 5.68. The highest BCUT2D eigenvalue weighted by atomic mass is 32.1. The maximum Gasteiger partial charge on any atom is 0.162 e. The van der Waals surface area contributed by atoms with Crippen molar-refractivity contribution in [1.82, 2.24) is 0 Å². The van der Waals surface area contributed by atoms with Gasteiger partial charge in [0.2, 0.25) is 0 Å². The van der Waals surface area contributed by atoms with E-state index in [0.717, 1.165) is 20.2 Å². The van der Waals surface area contributed by atoms with Gasteiger partial charge in [-0.2, -0.15) is 0 Å². The SMILES string of the molecule is CCOc1cc2sc3cc(OCC)c(O)cc3c2cc1O. The largest absolute Gasteiger partial charge is 0.504 e. The van der Waals surface area contributed by atoms with Crippen LogP contribution in [0.2, 0.25) is 0 Å². The number of rotatable bonds is 4. The lowest BCUT2D eigenvalue weighted by Crippen LogP contribution is -1.91. The number of phenolic OH excluding ortho intramolecular Hbond substituents is 2. The van der Waals surface area contributed by atoms with Gasteiger partial charge >= 0.3 is 0 Å². The summed E-state index contributed by atoms with van der Waals surface area (Å²) in [5, 5.41) is 21.8. The zero-order valence-corrected chi connectivity index (χ0v) is 12.7. The van der Waals surface area contributed by atoms with Crippen LogP contribution in [0.25, 0.3) is 20.2 Å². The molecule has 3 aromatic rings. The first-order valence-corrected chi connectivity index (χ1v) is 7.63. The Hall–Kier alpha value is -2.14. The van der Waals surface area contributed by atoms with Gasteiger partial charge in [0.15, 0.2) is 23.0 Å². The summed E-state index contributed by atoms with van der Waals surface area (Å²) in [7, 11) is 0. The molecule has 5 heteroatoms. The molecule has 0 spiro atoms. The van der Waals surface area contributed by atoms with E-state index in [4.69, 9.17) is 9.47 Å². The van der Waals surface area contributed by atoms with Crippen LogP contribution >= 0.6 is 11.3 Å². The zero-order chi connectivity index (χ0) is 15.0. The summed E-state index contributed by atoms with van der Waals surface area (Å²) >= 11 is 1.58. The second kappa shape index (κ2) is 5.33. The topological polar surface area (TPSA) is 58.9 Å². The molecule has 21 heavy (non-hydrogen) atoms. The zero-order valence-electron chi connectivity index (χ0n) is 11.8. The van der Waals surface area contributed by atoms with Crippen LogP contribution in [0, 0.1) is 0 Å². The van der Waals surface area contributed by atoms with E-state index in [1.165, 1.54) is 0 Å². The average Bonchev–Trinajstić information content (AvgIpc) is 2.77. The minimum Gasteiger partial charge on any atom is -0.504 e. The monoisotopic (exact) mass is 304 g/mol. The van der Waals surface area contributed by atoms with Crippen molar-refractivity contribution in [2.75, 3.05) is 13.2 Å². The molecule has 1 aromatic heterocycles. The minimum absolute atomic E-state index is 0.109. The van der Waals surface area contributed by atoms with E-state index in [9.17, 15) is 10.2 Å². The van der Waals surface area contributed by atoms with Gasteiger partial charge in [-0.15, -0.1) is 11.3 Å². The van der Waals surface area contributed by atoms with Crippen LogP contribution in [0.15, 0.2) is 24.3 Å². The first-order chi connectivity index (χ1) is 10.1. The summed E-state index contributed by atoms with van der Waals surface area (Å²) in [6, 6.07) is 7.02. The quantitative estimate of drug-likeness (QED) is 0.756. The molecule has 0 saturated heterocycles. The van der Waals surface area contributed by atoms with Crippen LogP contribution in [0.1, 0.15) is 13.8 Å². The molecular formula is C16H16O4S. The summed E-state index contributed by atoms with van der Waals surface area (Å²) in [5.74, 6) is 1.17. The third-order valence-electron chi connectivity index (χ3n) is 3.23. The molecule has 1 heterocycles. The number of aromatic hydroxyl groups is 2. The Morgan fingerprint density at radius 3 is 1.62 bits per heavy atom. The standard InChI is InChI=1S/C16H16O4S/c1-3-19-13-7-15-9(5-11(13)17)10-6-12(18)14(20-4-2)8-16(10)21-15/h5-8,17-18H,3-4H2,1-2H3. The molecule has 0 saturated carbocycles. The number of ether oxygens (including phenoxy) is 2. The number of benzene rings is 2. The van der Waals surface area contributed by atoms with E-state index in [2.05, 4.69) is 0 Å². The third kappa shape index (κ3) is 2.34. The van der Waals surface area contributed by atoms with E-state index in [1.807, 2.05) is 26.0 Å². The fourth-order valence-corrected chi connectivity index (χ4v) is 3.48. The Morgan fingerprint density at radius 2 is 1.24 bits per heavy atom. The Kier molecular flexibility index (Phi) is 3.51. The highest BCUT2D eigenvalue weighted by molar-refractivity contribution is 7.25. The summed E-state index contributed by atoms with van der Waals surface area (Å²) in [5.41, 5.74) is 0. The maximum absolute atomic E-state index is 10.0. The van der Waals surface area contributed by atoms with Gasteiger partial charge in [-0.1, -0.05) is 0 Å². The highest BCUT2D eigenvalue weighted by Gasteiger charge is 2.13. The van der Waals surface area contributed by atoms with Gasteiger partial charge in [-0.25, -0.2) is 0 Å². The molecule has 0 fully saturated rings. The lowest BCUT2D eigenvalue weighted by Gasteiger charge is -2.06. The van der Waals surface area contributed by atoms with Crippen molar-refractivity contribution in [2.24, 2.45) is 0 Å². The second-order valence-electron chi connectivity index (χ2n) is 4.60. The van der Waals surface area contributed by atoms with E-state index < -0.39 is 0 Å². The Balaban J connectivity index is 2.24. The molecular weight excluding hydrogens is 288 g/mol. The molecule has 0 bridgehead atoms. The first-order valence-electron chi connectivity index (χ1n) is 6.81. The molecule has 0 atom stereocenters. The number of phenols is 2. The third-order valence-corrected chi connectivity index (χ3v) is 4.35. The summed E-state index contributed by atoms with van der Waals surface area (Å²) in [6.07, 6.45) is 0. The number of fused-ring (bicyclic) bond motifs is 3. The molecule has 0 unspecified atom stereocenters. The van der Waals surface area contributed by atoms with Gasteiger partial charge in [-0.05, 0) is 26.0 Å². The number of hydrogen-bond acceptors (Lipinski definition) is 5. The Labute approximate surface area is 126 Å². The fourth-order valence-electron chi connectivity index (χ4n) is 2.35. The lowest BCUT2D eigenvalue weighted by molar-refractivity contribution is 0.319. The van der Waals surface area contributed by atoms with Gasteiger partial charge in [-0.3, -0.25) is 0 Å². The lowest BCUT2D eigenvalue weighted by atomic mass is 10.1. The normalized spacial score (nSPS) is 11.1. The van der Waals surface area contributed by atoms with Crippen molar-refractivity contribution in [1.29, 1.82) is 0 Å². The molecule has 3 rings (SSSR count). The molecule has 110 valence electrons.